The number of aromatic nitrogens is 2. The molecule has 2 fully saturated rings. The van der Waals surface area contributed by atoms with E-state index >= 15 is 0 Å². The lowest BCUT2D eigenvalue weighted by molar-refractivity contribution is 0.0779. The molecule has 2 heterocycles. The summed E-state index contributed by atoms with van der Waals surface area (Å²) in [6, 6.07) is 7.74. The van der Waals surface area contributed by atoms with Gasteiger partial charge in [0.05, 0.1) is 28.2 Å². The van der Waals surface area contributed by atoms with Crippen LogP contribution in [0.25, 0.3) is 5.69 Å². The zero-order chi connectivity index (χ0) is 16.8. The Morgan fingerprint density at radius 2 is 2.04 bits per heavy atom. The van der Waals surface area contributed by atoms with Crippen molar-refractivity contribution in [3.05, 3.63) is 46.7 Å². The first-order valence-corrected chi connectivity index (χ1v) is 8.78. The number of hydrogen-bond donors (Lipinski definition) is 1. The molecule has 7 heteroatoms. The maximum atomic E-state index is 12.9. The number of fused-ring (bicyclic) bond motifs is 1. The highest BCUT2D eigenvalue weighted by atomic mass is 35.5. The van der Waals surface area contributed by atoms with Crippen LogP contribution < -0.4 is 5.73 Å². The van der Waals surface area contributed by atoms with Gasteiger partial charge in [-0.1, -0.05) is 23.7 Å². The van der Waals surface area contributed by atoms with E-state index in [-0.39, 0.29) is 24.4 Å². The lowest BCUT2D eigenvalue weighted by Crippen LogP contribution is -2.33. The molecule has 134 valence electrons. The van der Waals surface area contributed by atoms with Gasteiger partial charge >= 0.3 is 0 Å². The highest BCUT2D eigenvalue weighted by Gasteiger charge is 2.43. The van der Waals surface area contributed by atoms with Gasteiger partial charge in [0.25, 0.3) is 5.91 Å². The molecule has 1 saturated heterocycles. The number of hydrogen-bond acceptors (Lipinski definition) is 3. The van der Waals surface area contributed by atoms with Crippen molar-refractivity contribution in [3.63, 3.8) is 0 Å². The van der Waals surface area contributed by atoms with Gasteiger partial charge in [-0.05, 0) is 43.7 Å². The first-order chi connectivity index (χ1) is 11.6. The van der Waals surface area contributed by atoms with E-state index in [0.717, 1.165) is 37.3 Å². The molecule has 1 aliphatic carbocycles. The lowest BCUT2D eigenvalue weighted by atomic mass is 9.98. The molecular weight excluding hydrogens is 359 g/mol. The fourth-order valence-electron chi connectivity index (χ4n) is 4.13. The summed E-state index contributed by atoms with van der Waals surface area (Å²) in [5, 5.41) is 5.00. The van der Waals surface area contributed by atoms with Crippen molar-refractivity contribution in [1.82, 2.24) is 14.7 Å². The Labute approximate surface area is 158 Å². The number of carbonyl (C=O) groups is 1. The summed E-state index contributed by atoms with van der Waals surface area (Å²) in [5.41, 5.74) is 8.42. The number of carbonyl (C=O) groups excluding carboxylic acids is 1. The van der Waals surface area contributed by atoms with Crippen molar-refractivity contribution in [2.45, 2.75) is 25.8 Å². The average molecular weight is 381 g/mol. The molecule has 5 nitrogen and oxygen atoms in total. The Kier molecular flexibility index (Phi) is 5.09. The quantitative estimate of drug-likeness (QED) is 0.870. The maximum absolute atomic E-state index is 12.9. The monoisotopic (exact) mass is 380 g/mol. The molecule has 2 aromatic rings. The van der Waals surface area contributed by atoms with E-state index < -0.39 is 0 Å². The topological polar surface area (TPSA) is 64.2 Å². The molecule has 1 aromatic carbocycles. The molecule has 2 N–H and O–H groups in total. The van der Waals surface area contributed by atoms with Crippen LogP contribution in [0.3, 0.4) is 0 Å². The van der Waals surface area contributed by atoms with Crippen LogP contribution in [0.2, 0.25) is 5.02 Å². The number of nitrogens with two attached hydrogens (primary N) is 1. The molecule has 1 aromatic heterocycles. The van der Waals surface area contributed by atoms with Gasteiger partial charge in [-0.15, -0.1) is 12.4 Å². The van der Waals surface area contributed by atoms with Crippen LogP contribution in [-0.2, 0) is 0 Å². The van der Waals surface area contributed by atoms with Crippen molar-refractivity contribution < 1.29 is 4.79 Å². The second-order valence-corrected chi connectivity index (χ2v) is 7.29. The van der Waals surface area contributed by atoms with Crippen LogP contribution in [0, 0.1) is 18.8 Å². The minimum atomic E-state index is 0. The first kappa shape index (κ1) is 18.2. The molecule has 1 aliphatic heterocycles. The van der Waals surface area contributed by atoms with E-state index in [0.29, 0.717) is 22.4 Å². The number of halogens is 2. The summed E-state index contributed by atoms with van der Waals surface area (Å²) in [5.74, 6) is 1.06. The summed E-state index contributed by atoms with van der Waals surface area (Å²) >= 11 is 6.26. The highest BCUT2D eigenvalue weighted by Crippen LogP contribution is 2.37. The highest BCUT2D eigenvalue weighted by molar-refractivity contribution is 6.32. The van der Waals surface area contributed by atoms with Crippen molar-refractivity contribution >= 4 is 29.9 Å². The second kappa shape index (κ2) is 6.98. The van der Waals surface area contributed by atoms with E-state index in [4.69, 9.17) is 17.3 Å². The third-order valence-electron chi connectivity index (χ3n) is 5.52. The number of para-hydroxylation sites is 1. The van der Waals surface area contributed by atoms with Crippen LogP contribution in [-0.4, -0.2) is 39.7 Å². The smallest absolute Gasteiger partial charge is 0.257 e. The van der Waals surface area contributed by atoms with Gasteiger partial charge < -0.3 is 10.6 Å². The third kappa shape index (κ3) is 3.05. The van der Waals surface area contributed by atoms with Gasteiger partial charge in [-0.2, -0.15) is 5.10 Å². The molecule has 25 heavy (non-hydrogen) atoms. The van der Waals surface area contributed by atoms with Gasteiger partial charge in [0.2, 0.25) is 0 Å². The van der Waals surface area contributed by atoms with Crippen LogP contribution in [0.4, 0.5) is 0 Å². The molecule has 0 radical (unpaired) electrons. The lowest BCUT2D eigenvalue weighted by Gasteiger charge is -2.18. The minimum absolute atomic E-state index is 0. The normalized spacial score (nSPS) is 24.9. The molecule has 1 saturated carbocycles. The van der Waals surface area contributed by atoms with Crippen molar-refractivity contribution in [1.29, 1.82) is 0 Å². The second-order valence-electron chi connectivity index (χ2n) is 6.88. The van der Waals surface area contributed by atoms with E-state index in [1.165, 1.54) is 0 Å². The van der Waals surface area contributed by atoms with Gasteiger partial charge in [0.15, 0.2) is 0 Å². The molecular formula is C18H22Cl2N4O. The fraction of sp³-hybridized carbons (Fsp3) is 0.444. The largest absolute Gasteiger partial charge is 0.338 e. The summed E-state index contributed by atoms with van der Waals surface area (Å²) in [6.07, 6.45) is 3.86. The Hall–Kier alpha value is -1.56. The molecule has 3 unspecified atom stereocenters. The average Bonchev–Trinajstić information content (AvgIpc) is 3.24. The number of nitrogens with zero attached hydrogens (tertiary/aromatic N) is 3. The maximum Gasteiger partial charge on any atom is 0.257 e. The van der Waals surface area contributed by atoms with E-state index in [9.17, 15) is 4.79 Å². The summed E-state index contributed by atoms with van der Waals surface area (Å²) in [7, 11) is 0. The van der Waals surface area contributed by atoms with Gasteiger partial charge in [0, 0.05) is 19.1 Å². The molecule has 1 amide bonds. The first-order valence-electron chi connectivity index (χ1n) is 8.40. The predicted molar refractivity (Wildman–Crippen MR) is 101 cm³/mol. The molecule has 2 aliphatic rings. The number of benzene rings is 1. The number of rotatable bonds is 2. The zero-order valence-electron chi connectivity index (χ0n) is 14.1. The van der Waals surface area contributed by atoms with E-state index in [1.807, 2.05) is 36.1 Å². The van der Waals surface area contributed by atoms with Crippen molar-refractivity contribution in [2.75, 3.05) is 13.1 Å². The standard InChI is InChI=1S/C18H21ClN4O.ClH/c1-11-13(8-21-23(11)17-5-3-2-4-15(17)19)18(24)22-9-12-6-7-16(20)14(12)10-22;/h2-5,8,12,14,16H,6-7,9-10,20H2,1H3;1H. The van der Waals surface area contributed by atoms with E-state index in [1.54, 1.807) is 10.9 Å². The van der Waals surface area contributed by atoms with E-state index in [2.05, 4.69) is 5.10 Å². The van der Waals surface area contributed by atoms with Crippen LogP contribution >= 0.6 is 24.0 Å². The van der Waals surface area contributed by atoms with Gasteiger partial charge in [0.1, 0.15) is 0 Å². The Morgan fingerprint density at radius 3 is 2.76 bits per heavy atom. The SMILES string of the molecule is Cc1c(C(=O)N2CC3CCC(N)C3C2)cnn1-c1ccccc1Cl.Cl. The van der Waals surface area contributed by atoms with Crippen molar-refractivity contribution in [3.8, 4) is 5.69 Å². The summed E-state index contributed by atoms with van der Waals surface area (Å²) in [6.45, 7) is 3.49. The predicted octanol–water partition coefficient (Wildman–Crippen LogP) is 3.07. The number of amides is 1. The zero-order valence-corrected chi connectivity index (χ0v) is 15.6. The summed E-state index contributed by atoms with van der Waals surface area (Å²) in [4.78, 5) is 14.9. The third-order valence-corrected chi connectivity index (χ3v) is 5.84. The number of likely N-dealkylation sites (tertiary alicyclic amines) is 1. The molecule has 4 rings (SSSR count). The minimum Gasteiger partial charge on any atom is -0.338 e. The molecule has 0 spiro atoms. The molecule has 0 bridgehead atoms. The van der Waals surface area contributed by atoms with Gasteiger partial charge in [-0.25, -0.2) is 4.68 Å². The molecule has 3 atom stereocenters. The summed E-state index contributed by atoms with van der Waals surface area (Å²) < 4.78 is 1.73. The Bertz CT molecular complexity index is 791. The van der Waals surface area contributed by atoms with Crippen LogP contribution in [0.5, 0.6) is 0 Å². The Morgan fingerprint density at radius 1 is 1.28 bits per heavy atom. The van der Waals surface area contributed by atoms with Gasteiger partial charge in [-0.3, -0.25) is 4.79 Å². The van der Waals surface area contributed by atoms with Crippen molar-refractivity contribution in [2.24, 2.45) is 17.6 Å². The Balaban J connectivity index is 0.00000182. The van der Waals surface area contributed by atoms with Crippen LogP contribution in [0.15, 0.2) is 30.5 Å². The fourth-order valence-corrected chi connectivity index (χ4v) is 4.35. The van der Waals surface area contributed by atoms with Crippen LogP contribution in [0.1, 0.15) is 28.9 Å².